The van der Waals surface area contributed by atoms with Crippen LogP contribution in [0.1, 0.15) is 47.8 Å². The van der Waals surface area contributed by atoms with Gasteiger partial charge in [-0.15, -0.1) is 0 Å². The highest BCUT2D eigenvalue weighted by Gasteiger charge is 2.26. The molecule has 2 rings (SSSR count). The molecule has 0 saturated carbocycles. The van der Waals surface area contributed by atoms with Gasteiger partial charge in [-0.25, -0.2) is 0 Å². The minimum absolute atomic E-state index is 0.0748. The molecule has 2 N–H and O–H groups in total. The van der Waals surface area contributed by atoms with Gasteiger partial charge >= 0.3 is 0 Å². The van der Waals surface area contributed by atoms with Crippen LogP contribution in [0.5, 0.6) is 5.75 Å². The smallest absolute Gasteiger partial charge is 0.255 e. The Labute approximate surface area is 167 Å². The topological polar surface area (TPSA) is 67.4 Å². The predicted molar refractivity (Wildman–Crippen MR) is 113 cm³/mol. The first-order valence-electron chi connectivity index (χ1n) is 9.66. The molecular formula is C23H30N2O3. The third kappa shape index (κ3) is 5.12. The predicted octanol–water partition coefficient (Wildman–Crippen LogP) is 4.40. The number of hydrogen-bond acceptors (Lipinski definition) is 3. The lowest BCUT2D eigenvalue weighted by Crippen LogP contribution is -2.47. The van der Waals surface area contributed by atoms with Crippen LogP contribution >= 0.6 is 0 Å². The first-order valence-corrected chi connectivity index (χ1v) is 9.66. The van der Waals surface area contributed by atoms with Crippen LogP contribution in [0.25, 0.3) is 0 Å². The van der Waals surface area contributed by atoms with Crippen LogP contribution < -0.4 is 15.4 Å². The lowest BCUT2D eigenvalue weighted by molar-refractivity contribution is -0.118. The number of carbonyl (C=O) groups excluding carboxylic acids is 2. The largest absolute Gasteiger partial charge is 0.493 e. The molecule has 0 heterocycles. The van der Waals surface area contributed by atoms with Gasteiger partial charge < -0.3 is 15.4 Å². The Bertz CT molecular complexity index is 836. The standard InChI is InChI=1S/C23H30N2O3/c1-7-28-19-11-9-8-10-18(19)22(26)24-20(14(2)3)23(27)25-21-16(5)12-15(4)13-17(21)6/h8-14,20H,7H2,1-6H3,(H,24,26)(H,25,27). The minimum Gasteiger partial charge on any atom is -0.493 e. The molecule has 1 atom stereocenters. The molecule has 0 bridgehead atoms. The average Bonchev–Trinajstić information content (AvgIpc) is 2.62. The van der Waals surface area contributed by atoms with E-state index in [9.17, 15) is 9.59 Å². The molecule has 0 fully saturated rings. The van der Waals surface area contributed by atoms with Crippen LogP contribution in [0, 0.1) is 26.7 Å². The maximum Gasteiger partial charge on any atom is 0.255 e. The van der Waals surface area contributed by atoms with Crippen molar-refractivity contribution in [1.29, 1.82) is 0 Å². The van der Waals surface area contributed by atoms with Crippen LogP contribution in [0.3, 0.4) is 0 Å². The second-order valence-electron chi connectivity index (χ2n) is 7.39. The Morgan fingerprint density at radius 3 is 2.21 bits per heavy atom. The fourth-order valence-corrected chi connectivity index (χ4v) is 3.27. The van der Waals surface area contributed by atoms with Crippen molar-refractivity contribution >= 4 is 17.5 Å². The van der Waals surface area contributed by atoms with Gasteiger partial charge in [-0.1, -0.05) is 43.7 Å². The van der Waals surface area contributed by atoms with Crippen molar-refractivity contribution in [3.8, 4) is 5.75 Å². The SMILES string of the molecule is CCOc1ccccc1C(=O)NC(C(=O)Nc1c(C)cc(C)cc1C)C(C)C. The average molecular weight is 383 g/mol. The summed E-state index contributed by atoms with van der Waals surface area (Å²) in [5.74, 6) is -0.118. The summed E-state index contributed by atoms with van der Waals surface area (Å²) in [5.41, 5.74) is 4.37. The molecule has 0 aliphatic heterocycles. The number of ether oxygens (including phenoxy) is 1. The fourth-order valence-electron chi connectivity index (χ4n) is 3.27. The van der Waals surface area contributed by atoms with Crippen LogP contribution in [0.15, 0.2) is 36.4 Å². The Hall–Kier alpha value is -2.82. The van der Waals surface area contributed by atoms with E-state index in [0.717, 1.165) is 22.4 Å². The third-order valence-electron chi connectivity index (χ3n) is 4.59. The number of rotatable bonds is 7. The second-order valence-corrected chi connectivity index (χ2v) is 7.39. The van der Waals surface area contributed by atoms with E-state index in [1.807, 2.05) is 59.7 Å². The van der Waals surface area contributed by atoms with Crippen LogP contribution in [0.2, 0.25) is 0 Å². The fraction of sp³-hybridized carbons (Fsp3) is 0.391. The highest BCUT2D eigenvalue weighted by Crippen LogP contribution is 2.23. The summed E-state index contributed by atoms with van der Waals surface area (Å²) in [6, 6.07) is 10.4. The number of nitrogens with one attached hydrogen (secondary N) is 2. The Morgan fingerprint density at radius 1 is 1.04 bits per heavy atom. The maximum absolute atomic E-state index is 13.0. The first kappa shape index (κ1) is 21.5. The van der Waals surface area contributed by atoms with E-state index < -0.39 is 6.04 Å². The van der Waals surface area contributed by atoms with E-state index in [1.165, 1.54) is 0 Å². The summed E-state index contributed by atoms with van der Waals surface area (Å²) in [5, 5.41) is 5.87. The van der Waals surface area contributed by atoms with Crippen molar-refractivity contribution in [2.45, 2.75) is 47.6 Å². The lowest BCUT2D eigenvalue weighted by atomic mass is 10.0. The quantitative estimate of drug-likeness (QED) is 0.746. The molecular weight excluding hydrogens is 352 g/mol. The number of benzene rings is 2. The zero-order valence-corrected chi connectivity index (χ0v) is 17.6. The summed E-state index contributed by atoms with van der Waals surface area (Å²) in [6.45, 7) is 12.1. The van der Waals surface area contributed by atoms with E-state index in [-0.39, 0.29) is 17.7 Å². The molecule has 150 valence electrons. The maximum atomic E-state index is 13.0. The van der Waals surface area contributed by atoms with E-state index in [0.29, 0.717) is 17.9 Å². The van der Waals surface area contributed by atoms with Gasteiger partial charge in [-0.3, -0.25) is 9.59 Å². The van der Waals surface area contributed by atoms with Crippen LogP contribution in [-0.4, -0.2) is 24.5 Å². The zero-order valence-electron chi connectivity index (χ0n) is 17.6. The Kier molecular flexibility index (Phi) is 7.21. The molecule has 28 heavy (non-hydrogen) atoms. The van der Waals surface area contributed by atoms with Crippen molar-refractivity contribution in [2.24, 2.45) is 5.92 Å². The normalized spacial score (nSPS) is 11.8. The molecule has 0 radical (unpaired) electrons. The van der Waals surface area contributed by atoms with Crippen molar-refractivity contribution in [3.63, 3.8) is 0 Å². The molecule has 2 aromatic rings. The third-order valence-corrected chi connectivity index (χ3v) is 4.59. The van der Waals surface area contributed by atoms with Crippen LogP contribution in [0.4, 0.5) is 5.69 Å². The van der Waals surface area contributed by atoms with E-state index in [4.69, 9.17) is 4.74 Å². The van der Waals surface area contributed by atoms with Crippen molar-refractivity contribution in [2.75, 3.05) is 11.9 Å². The van der Waals surface area contributed by atoms with Gasteiger partial charge in [0.1, 0.15) is 11.8 Å². The summed E-state index contributed by atoms with van der Waals surface area (Å²) in [6.07, 6.45) is 0. The highest BCUT2D eigenvalue weighted by atomic mass is 16.5. The van der Waals surface area contributed by atoms with E-state index >= 15 is 0 Å². The molecule has 5 nitrogen and oxygen atoms in total. The van der Waals surface area contributed by atoms with Gasteiger partial charge in [0.2, 0.25) is 5.91 Å². The molecule has 2 amide bonds. The van der Waals surface area contributed by atoms with Gasteiger partial charge in [0.05, 0.1) is 12.2 Å². The summed E-state index contributed by atoms with van der Waals surface area (Å²) >= 11 is 0. The zero-order chi connectivity index (χ0) is 20.8. The monoisotopic (exact) mass is 382 g/mol. The van der Waals surface area contributed by atoms with Gasteiger partial charge in [0.15, 0.2) is 0 Å². The number of anilines is 1. The van der Waals surface area contributed by atoms with Gasteiger partial charge in [-0.2, -0.15) is 0 Å². The molecule has 2 aromatic carbocycles. The van der Waals surface area contributed by atoms with Crippen molar-refractivity contribution in [1.82, 2.24) is 5.32 Å². The van der Waals surface area contributed by atoms with Gasteiger partial charge in [0.25, 0.3) is 5.91 Å². The number of aryl methyl sites for hydroxylation is 3. The van der Waals surface area contributed by atoms with Gasteiger partial charge in [-0.05, 0) is 56.9 Å². The molecule has 1 unspecified atom stereocenters. The Balaban J connectivity index is 2.22. The summed E-state index contributed by atoms with van der Waals surface area (Å²) in [7, 11) is 0. The van der Waals surface area contributed by atoms with Crippen LogP contribution in [-0.2, 0) is 4.79 Å². The number of carbonyl (C=O) groups is 2. The second kappa shape index (κ2) is 9.40. The highest BCUT2D eigenvalue weighted by molar-refractivity contribution is 6.03. The summed E-state index contributed by atoms with van der Waals surface area (Å²) < 4.78 is 5.54. The summed E-state index contributed by atoms with van der Waals surface area (Å²) in [4.78, 5) is 25.8. The Morgan fingerprint density at radius 2 is 1.64 bits per heavy atom. The molecule has 0 aliphatic rings. The minimum atomic E-state index is -0.665. The lowest BCUT2D eigenvalue weighted by Gasteiger charge is -2.23. The molecule has 0 aromatic heterocycles. The van der Waals surface area contributed by atoms with E-state index in [2.05, 4.69) is 10.6 Å². The molecule has 5 heteroatoms. The first-order chi connectivity index (χ1) is 13.2. The van der Waals surface area contributed by atoms with E-state index in [1.54, 1.807) is 18.2 Å². The van der Waals surface area contributed by atoms with Crippen molar-refractivity contribution < 1.29 is 14.3 Å². The molecule has 0 saturated heterocycles. The number of para-hydroxylation sites is 1. The molecule has 0 spiro atoms. The number of hydrogen-bond donors (Lipinski definition) is 2. The van der Waals surface area contributed by atoms with Gasteiger partial charge in [0, 0.05) is 5.69 Å². The van der Waals surface area contributed by atoms with Crippen molar-refractivity contribution in [3.05, 3.63) is 58.7 Å². The molecule has 0 aliphatic carbocycles. The number of amides is 2.